The minimum atomic E-state index is 0.916. The zero-order valence-electron chi connectivity index (χ0n) is 6.65. The topological polar surface area (TPSA) is 3.24 Å². The largest absolute Gasteiger partial charge is 0.303 e. The van der Waals surface area contributed by atoms with Gasteiger partial charge >= 0.3 is 0 Å². The molecule has 1 fully saturated rings. The van der Waals surface area contributed by atoms with Gasteiger partial charge in [-0.1, -0.05) is 22.4 Å². The predicted molar refractivity (Wildman–Crippen MR) is 48.7 cm³/mol. The first-order valence-electron chi connectivity index (χ1n) is 4.11. The van der Waals surface area contributed by atoms with Gasteiger partial charge in [0.25, 0.3) is 0 Å². The standard InChI is InChI=1S/C8H16BrN/c1-10(7-3-6-9)8-4-2-5-8/h8H,2-7H2,1H3. The molecule has 1 rings (SSSR count). The normalized spacial score (nSPS) is 19.5. The fourth-order valence-electron chi connectivity index (χ4n) is 1.32. The maximum absolute atomic E-state index is 3.44. The summed E-state index contributed by atoms with van der Waals surface area (Å²) in [5.41, 5.74) is 0. The molecule has 0 N–H and O–H groups in total. The van der Waals surface area contributed by atoms with Gasteiger partial charge in [0.2, 0.25) is 0 Å². The molecule has 1 aliphatic rings. The second-order valence-electron chi connectivity index (χ2n) is 3.11. The molecule has 1 aliphatic carbocycles. The van der Waals surface area contributed by atoms with Crippen LogP contribution >= 0.6 is 15.9 Å². The molecule has 0 saturated heterocycles. The van der Waals surface area contributed by atoms with Gasteiger partial charge in [0.15, 0.2) is 0 Å². The third kappa shape index (κ3) is 2.24. The number of nitrogens with zero attached hydrogens (tertiary/aromatic N) is 1. The number of hydrogen-bond donors (Lipinski definition) is 0. The molecule has 0 amide bonds. The molecule has 0 aromatic carbocycles. The van der Waals surface area contributed by atoms with Crippen molar-refractivity contribution in [2.24, 2.45) is 0 Å². The lowest BCUT2D eigenvalue weighted by molar-refractivity contribution is 0.160. The Balaban J connectivity index is 2.02. The minimum absolute atomic E-state index is 0.916. The molecule has 0 aromatic rings. The van der Waals surface area contributed by atoms with Gasteiger partial charge in [0, 0.05) is 11.4 Å². The number of alkyl halides is 1. The fraction of sp³-hybridized carbons (Fsp3) is 1.00. The van der Waals surface area contributed by atoms with Crippen LogP contribution in [0.1, 0.15) is 25.7 Å². The predicted octanol–water partition coefficient (Wildman–Crippen LogP) is 2.26. The first kappa shape index (κ1) is 8.54. The van der Waals surface area contributed by atoms with E-state index < -0.39 is 0 Å². The Hall–Kier alpha value is 0.440. The lowest BCUT2D eigenvalue weighted by Gasteiger charge is -2.34. The highest BCUT2D eigenvalue weighted by molar-refractivity contribution is 9.09. The Bertz CT molecular complexity index is 91.3. The monoisotopic (exact) mass is 205 g/mol. The molecular formula is C8H16BrN. The first-order chi connectivity index (χ1) is 4.84. The van der Waals surface area contributed by atoms with Crippen LogP contribution in [0.25, 0.3) is 0 Å². The molecular weight excluding hydrogens is 190 g/mol. The third-order valence-corrected chi connectivity index (χ3v) is 2.90. The van der Waals surface area contributed by atoms with Crippen molar-refractivity contribution in [2.75, 3.05) is 18.9 Å². The zero-order valence-corrected chi connectivity index (χ0v) is 8.23. The lowest BCUT2D eigenvalue weighted by Crippen LogP contribution is -2.37. The quantitative estimate of drug-likeness (QED) is 0.637. The molecule has 0 aromatic heterocycles. The number of rotatable bonds is 4. The van der Waals surface area contributed by atoms with Gasteiger partial charge in [-0.3, -0.25) is 0 Å². The van der Waals surface area contributed by atoms with Crippen LogP contribution in [-0.4, -0.2) is 29.9 Å². The van der Waals surface area contributed by atoms with E-state index in [2.05, 4.69) is 27.9 Å². The molecule has 0 heterocycles. The van der Waals surface area contributed by atoms with Gasteiger partial charge in [0.05, 0.1) is 0 Å². The molecule has 0 atom stereocenters. The summed E-state index contributed by atoms with van der Waals surface area (Å²) in [5.74, 6) is 0. The van der Waals surface area contributed by atoms with E-state index in [9.17, 15) is 0 Å². The van der Waals surface area contributed by atoms with E-state index in [1.165, 1.54) is 32.2 Å². The van der Waals surface area contributed by atoms with E-state index in [1.54, 1.807) is 0 Å². The maximum atomic E-state index is 3.44. The van der Waals surface area contributed by atoms with Gasteiger partial charge in [-0.15, -0.1) is 0 Å². The van der Waals surface area contributed by atoms with Crippen molar-refractivity contribution in [3.05, 3.63) is 0 Å². The minimum Gasteiger partial charge on any atom is -0.303 e. The van der Waals surface area contributed by atoms with Crippen molar-refractivity contribution < 1.29 is 0 Å². The van der Waals surface area contributed by atoms with Crippen molar-refractivity contribution in [3.8, 4) is 0 Å². The van der Waals surface area contributed by atoms with Crippen LogP contribution in [0.3, 0.4) is 0 Å². The Morgan fingerprint density at radius 2 is 2.20 bits per heavy atom. The van der Waals surface area contributed by atoms with Crippen molar-refractivity contribution in [3.63, 3.8) is 0 Å². The van der Waals surface area contributed by atoms with Crippen LogP contribution in [0.5, 0.6) is 0 Å². The van der Waals surface area contributed by atoms with E-state index in [1.807, 2.05) is 0 Å². The molecule has 10 heavy (non-hydrogen) atoms. The summed E-state index contributed by atoms with van der Waals surface area (Å²) in [5, 5.41) is 1.14. The van der Waals surface area contributed by atoms with Crippen LogP contribution in [0.15, 0.2) is 0 Å². The summed E-state index contributed by atoms with van der Waals surface area (Å²) in [6, 6.07) is 0.916. The summed E-state index contributed by atoms with van der Waals surface area (Å²) < 4.78 is 0. The molecule has 60 valence electrons. The fourth-order valence-corrected chi connectivity index (χ4v) is 1.57. The Morgan fingerprint density at radius 3 is 2.60 bits per heavy atom. The van der Waals surface area contributed by atoms with Crippen molar-refractivity contribution in [1.82, 2.24) is 4.90 Å². The molecule has 0 unspecified atom stereocenters. The van der Waals surface area contributed by atoms with Crippen LogP contribution in [0, 0.1) is 0 Å². The maximum Gasteiger partial charge on any atom is 0.00922 e. The third-order valence-electron chi connectivity index (χ3n) is 2.34. The first-order valence-corrected chi connectivity index (χ1v) is 5.23. The Labute approximate surface area is 71.9 Å². The highest BCUT2D eigenvalue weighted by Crippen LogP contribution is 2.23. The van der Waals surface area contributed by atoms with Crippen LogP contribution in [-0.2, 0) is 0 Å². The van der Waals surface area contributed by atoms with E-state index in [0.717, 1.165) is 11.4 Å². The van der Waals surface area contributed by atoms with Crippen LogP contribution in [0.2, 0.25) is 0 Å². The van der Waals surface area contributed by atoms with Crippen molar-refractivity contribution in [2.45, 2.75) is 31.7 Å². The van der Waals surface area contributed by atoms with Crippen LogP contribution in [0.4, 0.5) is 0 Å². The van der Waals surface area contributed by atoms with Crippen molar-refractivity contribution >= 4 is 15.9 Å². The number of halogens is 1. The Kier molecular flexibility index (Phi) is 3.71. The second-order valence-corrected chi connectivity index (χ2v) is 3.90. The molecule has 0 radical (unpaired) electrons. The molecule has 1 saturated carbocycles. The highest BCUT2D eigenvalue weighted by Gasteiger charge is 2.20. The highest BCUT2D eigenvalue weighted by atomic mass is 79.9. The Morgan fingerprint density at radius 1 is 1.50 bits per heavy atom. The van der Waals surface area contributed by atoms with E-state index >= 15 is 0 Å². The van der Waals surface area contributed by atoms with Gasteiger partial charge in [-0.2, -0.15) is 0 Å². The average Bonchev–Trinajstić information content (AvgIpc) is 1.79. The van der Waals surface area contributed by atoms with E-state index in [0.29, 0.717) is 0 Å². The number of hydrogen-bond acceptors (Lipinski definition) is 1. The molecule has 0 aliphatic heterocycles. The van der Waals surface area contributed by atoms with Gasteiger partial charge in [-0.25, -0.2) is 0 Å². The second kappa shape index (κ2) is 4.35. The summed E-state index contributed by atoms with van der Waals surface area (Å²) in [6.45, 7) is 1.26. The van der Waals surface area contributed by atoms with Crippen LogP contribution < -0.4 is 0 Å². The van der Waals surface area contributed by atoms with Gasteiger partial charge in [-0.05, 0) is 32.9 Å². The molecule has 0 bridgehead atoms. The summed E-state index contributed by atoms with van der Waals surface area (Å²) >= 11 is 3.44. The molecule has 1 nitrogen and oxygen atoms in total. The van der Waals surface area contributed by atoms with Crippen molar-refractivity contribution in [1.29, 1.82) is 0 Å². The van der Waals surface area contributed by atoms with E-state index in [4.69, 9.17) is 0 Å². The summed E-state index contributed by atoms with van der Waals surface area (Å²) in [6.07, 6.45) is 5.59. The smallest absolute Gasteiger partial charge is 0.00922 e. The SMILES string of the molecule is CN(CCCBr)C1CCC1. The molecule has 2 heteroatoms. The molecule has 0 spiro atoms. The summed E-state index contributed by atoms with van der Waals surface area (Å²) in [4.78, 5) is 2.49. The summed E-state index contributed by atoms with van der Waals surface area (Å²) in [7, 11) is 2.24. The van der Waals surface area contributed by atoms with E-state index in [-0.39, 0.29) is 0 Å². The lowest BCUT2D eigenvalue weighted by atomic mass is 9.92. The van der Waals surface area contributed by atoms with Gasteiger partial charge < -0.3 is 4.90 Å². The van der Waals surface area contributed by atoms with Gasteiger partial charge in [0.1, 0.15) is 0 Å². The average molecular weight is 206 g/mol. The zero-order chi connectivity index (χ0) is 7.40.